The Labute approximate surface area is 102 Å². The van der Waals surface area contributed by atoms with Crippen LogP contribution in [0, 0.1) is 0 Å². The number of rotatable bonds is 2. The lowest BCUT2D eigenvalue weighted by molar-refractivity contribution is -0.129. The molecule has 1 amide bonds. The molecule has 0 bridgehead atoms. The Morgan fingerprint density at radius 2 is 2.18 bits per heavy atom. The van der Waals surface area contributed by atoms with Crippen molar-refractivity contribution in [2.45, 2.75) is 12.8 Å². The number of benzene rings is 1. The number of aliphatic carboxylic acids is 1. The maximum atomic E-state index is 11.7. The SMILES string of the molecule is O=C(O)C1=NN(c2cccc(Cl)c2)C(=O)CC1. The van der Waals surface area contributed by atoms with Gasteiger partial charge >= 0.3 is 5.97 Å². The predicted octanol–water partition coefficient (Wildman–Crippen LogP) is 1.91. The maximum Gasteiger partial charge on any atom is 0.352 e. The summed E-state index contributed by atoms with van der Waals surface area (Å²) in [5.74, 6) is -1.35. The van der Waals surface area contributed by atoms with E-state index in [9.17, 15) is 9.59 Å². The molecule has 2 rings (SSSR count). The van der Waals surface area contributed by atoms with Crippen molar-refractivity contribution in [1.29, 1.82) is 0 Å². The summed E-state index contributed by atoms with van der Waals surface area (Å²) in [6, 6.07) is 6.56. The zero-order valence-corrected chi connectivity index (χ0v) is 9.52. The first-order valence-corrected chi connectivity index (χ1v) is 5.35. The van der Waals surface area contributed by atoms with Crippen LogP contribution in [0.4, 0.5) is 5.69 Å². The van der Waals surface area contributed by atoms with E-state index in [-0.39, 0.29) is 24.5 Å². The number of amides is 1. The molecule has 1 aliphatic heterocycles. The van der Waals surface area contributed by atoms with Crippen LogP contribution in [0.2, 0.25) is 5.02 Å². The molecule has 1 aromatic carbocycles. The zero-order valence-electron chi connectivity index (χ0n) is 8.76. The average molecular weight is 253 g/mol. The highest BCUT2D eigenvalue weighted by molar-refractivity contribution is 6.37. The largest absolute Gasteiger partial charge is 0.477 e. The number of nitrogens with zero attached hydrogens (tertiary/aromatic N) is 2. The summed E-state index contributed by atoms with van der Waals surface area (Å²) >= 11 is 5.81. The highest BCUT2D eigenvalue weighted by atomic mass is 35.5. The Morgan fingerprint density at radius 3 is 2.82 bits per heavy atom. The van der Waals surface area contributed by atoms with Gasteiger partial charge in [0.2, 0.25) is 5.91 Å². The van der Waals surface area contributed by atoms with Gasteiger partial charge in [-0.05, 0) is 18.2 Å². The second-order valence-corrected chi connectivity index (χ2v) is 3.97. The van der Waals surface area contributed by atoms with Crippen molar-refractivity contribution in [2.75, 3.05) is 5.01 Å². The fourth-order valence-electron chi connectivity index (χ4n) is 1.52. The molecule has 6 heteroatoms. The molecule has 1 N–H and O–H groups in total. The number of hydrogen-bond acceptors (Lipinski definition) is 3. The highest BCUT2D eigenvalue weighted by Crippen LogP contribution is 2.23. The smallest absolute Gasteiger partial charge is 0.352 e. The van der Waals surface area contributed by atoms with Crippen LogP contribution in [0.3, 0.4) is 0 Å². The van der Waals surface area contributed by atoms with Gasteiger partial charge in [0.15, 0.2) is 0 Å². The van der Waals surface area contributed by atoms with E-state index < -0.39 is 5.97 Å². The summed E-state index contributed by atoms with van der Waals surface area (Å²) in [6.45, 7) is 0. The third-order valence-corrected chi connectivity index (χ3v) is 2.57. The Morgan fingerprint density at radius 1 is 1.41 bits per heavy atom. The minimum absolute atomic E-state index is 0.0235. The second kappa shape index (κ2) is 4.55. The molecule has 0 saturated carbocycles. The molecule has 0 saturated heterocycles. The minimum atomic E-state index is -1.11. The van der Waals surface area contributed by atoms with Gasteiger partial charge in [0.25, 0.3) is 0 Å². The van der Waals surface area contributed by atoms with Gasteiger partial charge in [-0.15, -0.1) is 0 Å². The molecule has 1 aromatic rings. The fraction of sp³-hybridized carbons (Fsp3) is 0.182. The molecule has 17 heavy (non-hydrogen) atoms. The molecule has 1 aliphatic rings. The van der Waals surface area contributed by atoms with Gasteiger partial charge in [-0.2, -0.15) is 5.10 Å². The lowest BCUT2D eigenvalue weighted by Gasteiger charge is -2.22. The molecule has 88 valence electrons. The van der Waals surface area contributed by atoms with Gasteiger partial charge in [-0.25, -0.2) is 9.80 Å². The van der Waals surface area contributed by atoms with Crippen LogP contribution in [0.25, 0.3) is 0 Å². The monoisotopic (exact) mass is 252 g/mol. The van der Waals surface area contributed by atoms with Crippen molar-refractivity contribution in [1.82, 2.24) is 0 Å². The lowest BCUT2D eigenvalue weighted by Crippen LogP contribution is -2.34. The number of carboxylic acids is 1. The molecule has 1 heterocycles. The van der Waals surface area contributed by atoms with Crippen molar-refractivity contribution in [3.05, 3.63) is 29.3 Å². The summed E-state index contributed by atoms with van der Waals surface area (Å²) in [5, 5.41) is 14.2. The molecular formula is C11H9ClN2O3. The quantitative estimate of drug-likeness (QED) is 0.874. The normalized spacial score (nSPS) is 15.7. The van der Waals surface area contributed by atoms with Gasteiger partial charge in [0.1, 0.15) is 5.71 Å². The number of hydrazone groups is 1. The van der Waals surface area contributed by atoms with E-state index in [1.54, 1.807) is 24.3 Å². The van der Waals surface area contributed by atoms with Crippen LogP contribution in [0.5, 0.6) is 0 Å². The van der Waals surface area contributed by atoms with Gasteiger partial charge in [0.05, 0.1) is 5.69 Å². The Bertz CT molecular complexity index is 513. The molecule has 0 atom stereocenters. The van der Waals surface area contributed by atoms with Crippen LogP contribution in [-0.2, 0) is 9.59 Å². The van der Waals surface area contributed by atoms with E-state index in [1.165, 1.54) is 0 Å². The topological polar surface area (TPSA) is 70.0 Å². The van der Waals surface area contributed by atoms with E-state index in [2.05, 4.69) is 5.10 Å². The Hall–Kier alpha value is -1.88. The molecular weight excluding hydrogens is 244 g/mol. The van der Waals surface area contributed by atoms with Crippen molar-refractivity contribution in [2.24, 2.45) is 5.10 Å². The summed E-state index contributed by atoms with van der Waals surface area (Å²) in [5.41, 5.74) is 0.450. The summed E-state index contributed by atoms with van der Waals surface area (Å²) in [6.07, 6.45) is 0.295. The maximum absolute atomic E-state index is 11.7. The van der Waals surface area contributed by atoms with Crippen molar-refractivity contribution in [3.63, 3.8) is 0 Å². The van der Waals surface area contributed by atoms with Crippen LogP contribution in [-0.4, -0.2) is 22.7 Å². The first kappa shape index (κ1) is 11.6. The first-order chi connectivity index (χ1) is 8.08. The van der Waals surface area contributed by atoms with Crippen molar-refractivity contribution >= 4 is 34.9 Å². The fourth-order valence-corrected chi connectivity index (χ4v) is 1.70. The summed E-state index contributed by atoms with van der Waals surface area (Å²) < 4.78 is 0. The van der Waals surface area contributed by atoms with Gasteiger partial charge in [-0.3, -0.25) is 4.79 Å². The molecule has 5 nitrogen and oxygen atoms in total. The van der Waals surface area contributed by atoms with Crippen LogP contribution in [0.1, 0.15) is 12.8 Å². The zero-order chi connectivity index (χ0) is 12.4. The molecule has 0 aliphatic carbocycles. The van der Waals surface area contributed by atoms with Crippen molar-refractivity contribution in [3.8, 4) is 0 Å². The number of carbonyl (C=O) groups is 2. The van der Waals surface area contributed by atoms with Crippen LogP contribution >= 0.6 is 11.6 Å². The molecule has 0 aromatic heterocycles. The summed E-state index contributed by atoms with van der Waals surface area (Å²) in [4.78, 5) is 22.5. The van der Waals surface area contributed by atoms with E-state index in [0.29, 0.717) is 10.7 Å². The van der Waals surface area contributed by atoms with Gasteiger partial charge in [0, 0.05) is 17.9 Å². The van der Waals surface area contributed by atoms with Crippen molar-refractivity contribution < 1.29 is 14.7 Å². The lowest BCUT2D eigenvalue weighted by atomic mass is 10.1. The number of halogens is 1. The van der Waals surface area contributed by atoms with Gasteiger partial charge in [-0.1, -0.05) is 17.7 Å². The number of carboxylic acid groups (broad SMARTS) is 1. The molecule has 0 fully saturated rings. The first-order valence-electron chi connectivity index (χ1n) is 4.97. The predicted molar refractivity (Wildman–Crippen MR) is 63.2 cm³/mol. The Balaban J connectivity index is 2.39. The van der Waals surface area contributed by atoms with Crippen LogP contribution < -0.4 is 5.01 Å². The number of carbonyl (C=O) groups excluding carboxylic acids is 1. The third-order valence-electron chi connectivity index (χ3n) is 2.33. The van der Waals surface area contributed by atoms with Gasteiger partial charge < -0.3 is 5.11 Å². The number of hydrogen-bond donors (Lipinski definition) is 1. The third kappa shape index (κ3) is 2.45. The van der Waals surface area contributed by atoms with E-state index >= 15 is 0 Å². The Kier molecular flexibility index (Phi) is 3.10. The van der Waals surface area contributed by atoms with E-state index in [4.69, 9.17) is 16.7 Å². The molecule has 0 radical (unpaired) electrons. The molecule has 0 unspecified atom stereocenters. The van der Waals surface area contributed by atoms with E-state index in [0.717, 1.165) is 5.01 Å². The van der Waals surface area contributed by atoms with E-state index in [1.807, 2.05) is 0 Å². The van der Waals surface area contributed by atoms with Crippen LogP contribution in [0.15, 0.2) is 29.4 Å². The highest BCUT2D eigenvalue weighted by Gasteiger charge is 2.25. The number of anilines is 1. The average Bonchev–Trinajstić information content (AvgIpc) is 2.29. The minimum Gasteiger partial charge on any atom is -0.477 e. The summed E-state index contributed by atoms with van der Waals surface area (Å²) in [7, 11) is 0. The standard InChI is InChI=1S/C11H9ClN2O3/c12-7-2-1-3-8(6-7)14-10(15)5-4-9(13-14)11(16)17/h1-3,6H,4-5H2,(H,16,17). The molecule has 0 spiro atoms. The second-order valence-electron chi connectivity index (χ2n) is 3.54.